The van der Waals surface area contributed by atoms with E-state index in [1.165, 1.54) is 6.92 Å². The van der Waals surface area contributed by atoms with E-state index in [9.17, 15) is 9.90 Å². The van der Waals surface area contributed by atoms with Gasteiger partial charge in [-0.25, -0.2) is 4.79 Å². The number of cyclic esters (lactones) is 1. The van der Waals surface area contributed by atoms with E-state index in [1.807, 2.05) is 13.8 Å². The van der Waals surface area contributed by atoms with Gasteiger partial charge in [0.25, 0.3) is 0 Å². The molecule has 0 saturated carbocycles. The van der Waals surface area contributed by atoms with E-state index in [0.29, 0.717) is 12.8 Å². The summed E-state index contributed by atoms with van der Waals surface area (Å²) in [7, 11) is 0. The van der Waals surface area contributed by atoms with Gasteiger partial charge in [0, 0.05) is 0 Å². The van der Waals surface area contributed by atoms with Gasteiger partial charge in [-0.1, -0.05) is 13.8 Å². The molecular weight excluding hydrogens is 212 g/mol. The minimum Gasteiger partial charge on any atom is -0.461 e. The topological polar surface area (TPSA) is 65.0 Å². The Morgan fingerprint density at radius 3 is 2.56 bits per heavy atom. The maximum Gasteiger partial charge on any atom is 0.340 e. The Bertz CT molecular complexity index is 295. The molecule has 0 amide bonds. The van der Waals surface area contributed by atoms with E-state index in [0.717, 1.165) is 0 Å². The van der Waals surface area contributed by atoms with Crippen LogP contribution < -0.4 is 0 Å². The molecule has 0 aromatic rings. The van der Waals surface area contributed by atoms with Crippen molar-refractivity contribution in [2.75, 3.05) is 6.61 Å². The Hall–Kier alpha value is -0.650. The number of esters is 1. The Kier molecular flexibility index (Phi) is 2.72. The van der Waals surface area contributed by atoms with Crippen molar-refractivity contribution in [1.29, 1.82) is 0 Å². The Morgan fingerprint density at radius 1 is 1.38 bits per heavy atom. The SMILES string of the molecule is CCC1(CC)O[C@@H]2[C@@H](COC(=O)[C@@]2(C)O)O1. The molecule has 0 bridgehead atoms. The Morgan fingerprint density at radius 2 is 2.00 bits per heavy atom. The second-order valence-electron chi connectivity index (χ2n) is 4.56. The highest BCUT2D eigenvalue weighted by Crippen LogP contribution is 2.40. The van der Waals surface area contributed by atoms with Gasteiger partial charge < -0.3 is 19.3 Å². The van der Waals surface area contributed by atoms with Crippen molar-refractivity contribution >= 4 is 5.97 Å². The third-order valence-corrected chi connectivity index (χ3v) is 3.47. The van der Waals surface area contributed by atoms with Gasteiger partial charge in [0.1, 0.15) is 18.8 Å². The van der Waals surface area contributed by atoms with E-state index < -0.39 is 23.5 Å². The van der Waals surface area contributed by atoms with Crippen LogP contribution in [0, 0.1) is 0 Å². The number of ether oxygens (including phenoxy) is 3. The molecule has 0 radical (unpaired) electrons. The molecule has 1 N–H and O–H groups in total. The zero-order valence-electron chi connectivity index (χ0n) is 9.86. The molecule has 2 aliphatic rings. The van der Waals surface area contributed by atoms with Gasteiger partial charge >= 0.3 is 5.97 Å². The second kappa shape index (κ2) is 3.68. The average Bonchev–Trinajstić information content (AvgIpc) is 2.65. The minimum absolute atomic E-state index is 0.154. The monoisotopic (exact) mass is 230 g/mol. The molecule has 2 fully saturated rings. The van der Waals surface area contributed by atoms with Crippen LogP contribution in [-0.4, -0.2) is 41.3 Å². The molecule has 5 nitrogen and oxygen atoms in total. The Balaban J connectivity index is 2.24. The van der Waals surface area contributed by atoms with Gasteiger partial charge in [-0.2, -0.15) is 0 Å². The van der Waals surface area contributed by atoms with Crippen molar-refractivity contribution in [3.63, 3.8) is 0 Å². The molecule has 0 aliphatic carbocycles. The predicted octanol–water partition coefficient (Wildman–Crippen LogP) is 0.594. The van der Waals surface area contributed by atoms with Gasteiger partial charge in [0.05, 0.1) is 0 Å². The Labute approximate surface area is 94.7 Å². The normalized spacial score (nSPS) is 41.6. The standard InChI is InChI=1S/C11H18O5/c1-4-11(5-2)15-7-6-14-9(12)10(3,13)8(7)16-11/h7-8,13H,4-6H2,1-3H3/t7-,8-,10+/m1/s1. The highest BCUT2D eigenvalue weighted by molar-refractivity contribution is 5.80. The molecule has 5 heteroatoms. The van der Waals surface area contributed by atoms with Crippen LogP contribution in [0.25, 0.3) is 0 Å². The van der Waals surface area contributed by atoms with Crippen LogP contribution in [-0.2, 0) is 19.0 Å². The van der Waals surface area contributed by atoms with Crippen molar-refractivity contribution in [2.45, 2.75) is 57.2 Å². The molecule has 2 saturated heterocycles. The molecule has 16 heavy (non-hydrogen) atoms. The zero-order valence-corrected chi connectivity index (χ0v) is 9.86. The summed E-state index contributed by atoms with van der Waals surface area (Å²) in [6.45, 7) is 5.48. The van der Waals surface area contributed by atoms with E-state index >= 15 is 0 Å². The first-order valence-corrected chi connectivity index (χ1v) is 5.70. The summed E-state index contributed by atoms with van der Waals surface area (Å²) >= 11 is 0. The molecular formula is C11H18O5. The first kappa shape index (κ1) is 11.8. The molecule has 0 spiro atoms. The molecule has 0 aromatic carbocycles. The van der Waals surface area contributed by atoms with Crippen LogP contribution in [0.2, 0.25) is 0 Å². The highest BCUT2D eigenvalue weighted by Gasteiger charge is 2.59. The number of hydrogen-bond donors (Lipinski definition) is 1. The first-order chi connectivity index (χ1) is 7.45. The fourth-order valence-electron chi connectivity index (χ4n) is 2.27. The molecule has 3 atom stereocenters. The molecule has 2 aliphatic heterocycles. The third-order valence-electron chi connectivity index (χ3n) is 3.47. The predicted molar refractivity (Wildman–Crippen MR) is 54.6 cm³/mol. The van der Waals surface area contributed by atoms with Crippen molar-refractivity contribution < 1.29 is 24.1 Å². The first-order valence-electron chi connectivity index (χ1n) is 5.70. The van der Waals surface area contributed by atoms with Gasteiger partial charge in [-0.3, -0.25) is 0 Å². The summed E-state index contributed by atoms with van der Waals surface area (Å²) in [4.78, 5) is 11.4. The quantitative estimate of drug-likeness (QED) is 0.703. The van der Waals surface area contributed by atoms with Crippen LogP contribution in [0.4, 0.5) is 0 Å². The molecule has 0 unspecified atom stereocenters. The average molecular weight is 230 g/mol. The number of fused-ring (bicyclic) bond motifs is 1. The highest BCUT2D eigenvalue weighted by atomic mass is 16.8. The maximum absolute atomic E-state index is 11.4. The van der Waals surface area contributed by atoms with Crippen LogP contribution in [0.5, 0.6) is 0 Å². The third kappa shape index (κ3) is 1.54. The number of carbonyl (C=O) groups is 1. The summed E-state index contributed by atoms with van der Waals surface area (Å²) < 4.78 is 16.4. The van der Waals surface area contributed by atoms with E-state index in [4.69, 9.17) is 14.2 Å². The van der Waals surface area contributed by atoms with Gasteiger partial charge in [-0.05, 0) is 19.8 Å². The number of carbonyl (C=O) groups excluding carboxylic acids is 1. The van der Waals surface area contributed by atoms with Crippen LogP contribution in [0.1, 0.15) is 33.6 Å². The summed E-state index contributed by atoms with van der Waals surface area (Å²) in [6.07, 6.45) is 0.364. The maximum atomic E-state index is 11.4. The van der Waals surface area contributed by atoms with Crippen molar-refractivity contribution in [3.05, 3.63) is 0 Å². The van der Waals surface area contributed by atoms with Crippen LogP contribution >= 0.6 is 0 Å². The minimum atomic E-state index is -1.62. The molecule has 0 aromatic heterocycles. The van der Waals surface area contributed by atoms with Crippen molar-refractivity contribution in [1.82, 2.24) is 0 Å². The largest absolute Gasteiger partial charge is 0.461 e. The summed E-state index contributed by atoms with van der Waals surface area (Å²) in [5.74, 6) is -1.33. The van der Waals surface area contributed by atoms with Crippen LogP contribution in [0.15, 0.2) is 0 Å². The fraction of sp³-hybridized carbons (Fsp3) is 0.909. The molecule has 92 valence electrons. The number of aliphatic hydroxyl groups is 1. The lowest BCUT2D eigenvalue weighted by atomic mass is 9.93. The van der Waals surface area contributed by atoms with Crippen molar-refractivity contribution in [2.24, 2.45) is 0 Å². The van der Waals surface area contributed by atoms with Crippen molar-refractivity contribution in [3.8, 4) is 0 Å². The molecule has 2 heterocycles. The number of rotatable bonds is 2. The van der Waals surface area contributed by atoms with Gasteiger partial charge in [-0.15, -0.1) is 0 Å². The van der Waals surface area contributed by atoms with Crippen LogP contribution in [0.3, 0.4) is 0 Å². The lowest BCUT2D eigenvalue weighted by Gasteiger charge is -2.34. The van der Waals surface area contributed by atoms with Gasteiger partial charge in [0.2, 0.25) is 0 Å². The van der Waals surface area contributed by atoms with E-state index in [2.05, 4.69) is 0 Å². The number of hydrogen-bond acceptors (Lipinski definition) is 5. The smallest absolute Gasteiger partial charge is 0.340 e. The molecule has 2 rings (SSSR count). The summed E-state index contributed by atoms with van der Waals surface area (Å²) in [5.41, 5.74) is -1.62. The summed E-state index contributed by atoms with van der Waals surface area (Å²) in [5, 5.41) is 10.1. The fourth-order valence-corrected chi connectivity index (χ4v) is 2.27. The van der Waals surface area contributed by atoms with E-state index in [1.54, 1.807) is 0 Å². The van der Waals surface area contributed by atoms with Gasteiger partial charge in [0.15, 0.2) is 11.4 Å². The van der Waals surface area contributed by atoms with E-state index in [-0.39, 0.29) is 12.7 Å². The second-order valence-corrected chi connectivity index (χ2v) is 4.56. The lowest BCUT2D eigenvalue weighted by molar-refractivity contribution is -0.202. The lowest BCUT2D eigenvalue weighted by Crippen LogP contribution is -2.57. The summed E-state index contributed by atoms with van der Waals surface area (Å²) in [6, 6.07) is 0. The zero-order chi connectivity index (χ0) is 12.0.